The van der Waals surface area contributed by atoms with Crippen molar-refractivity contribution in [3.05, 3.63) is 29.8 Å². The van der Waals surface area contributed by atoms with Crippen molar-refractivity contribution in [2.45, 2.75) is 96.1 Å². The van der Waals surface area contributed by atoms with Crippen molar-refractivity contribution in [2.75, 3.05) is 13.1 Å². The number of amides is 8. The number of hydrogen-bond acceptors (Lipinski definition) is 10. The van der Waals surface area contributed by atoms with Crippen LogP contribution in [-0.2, 0) is 44.8 Å². The molecule has 1 heterocycles. The van der Waals surface area contributed by atoms with E-state index in [2.05, 4.69) is 26.6 Å². The molecular weight excluding hydrogens is 654 g/mol. The third-order valence-electron chi connectivity index (χ3n) is 7.88. The maximum Gasteiger partial charge on any atom is 0.243 e. The quantitative estimate of drug-likeness (QED) is 0.0736. The highest BCUT2D eigenvalue weighted by Gasteiger charge is 2.37. The number of likely N-dealkylation sites (tertiary alicyclic amines) is 1. The zero-order valence-electron chi connectivity index (χ0n) is 28.7. The lowest BCUT2D eigenvalue weighted by atomic mass is 10.0. The van der Waals surface area contributed by atoms with Crippen LogP contribution in [0.15, 0.2) is 24.3 Å². The molecule has 50 heavy (non-hydrogen) atoms. The summed E-state index contributed by atoms with van der Waals surface area (Å²) in [6.07, 6.45) is 0.303. The molecule has 1 fully saturated rings. The molecule has 6 atom stereocenters. The SMILES string of the molecule is CC(C)C[C@@H](NC(=O)[C@H]1CCCN1C(=O)CNC(=O)[C@@H](CC(N)=O)NC(=O)[C@H](Cc1ccc(O)cc1)NC(=O)[C@H](C)N)C(=O)N[C@@H](C)C(N)=O. The summed E-state index contributed by atoms with van der Waals surface area (Å²) in [5.41, 5.74) is 16.8. The molecule has 1 aromatic rings. The average Bonchev–Trinajstić information content (AvgIpc) is 3.53. The second-order valence-corrected chi connectivity index (χ2v) is 12.7. The summed E-state index contributed by atoms with van der Waals surface area (Å²) in [4.78, 5) is 103. The summed E-state index contributed by atoms with van der Waals surface area (Å²) >= 11 is 0. The second kappa shape index (κ2) is 19.1. The Balaban J connectivity index is 2.12. The molecule has 2 rings (SSSR count). The number of benzene rings is 1. The summed E-state index contributed by atoms with van der Waals surface area (Å²) < 4.78 is 0. The van der Waals surface area contributed by atoms with Gasteiger partial charge in [0, 0.05) is 13.0 Å². The first kappa shape index (κ1) is 40.9. The van der Waals surface area contributed by atoms with Gasteiger partial charge in [-0.3, -0.25) is 38.4 Å². The average molecular weight is 704 g/mol. The van der Waals surface area contributed by atoms with Crippen molar-refractivity contribution >= 4 is 47.3 Å². The molecule has 1 aliphatic heterocycles. The molecule has 0 aromatic heterocycles. The van der Waals surface area contributed by atoms with Crippen molar-refractivity contribution in [1.29, 1.82) is 0 Å². The number of aromatic hydroxyl groups is 1. The van der Waals surface area contributed by atoms with Gasteiger partial charge in [0.05, 0.1) is 19.0 Å². The van der Waals surface area contributed by atoms with E-state index in [0.717, 1.165) is 0 Å². The minimum Gasteiger partial charge on any atom is -0.508 e. The molecule has 0 spiro atoms. The van der Waals surface area contributed by atoms with Crippen LogP contribution in [0.2, 0.25) is 0 Å². The summed E-state index contributed by atoms with van der Waals surface area (Å²) in [6.45, 7) is 6.10. The fourth-order valence-electron chi connectivity index (χ4n) is 5.14. The van der Waals surface area contributed by atoms with E-state index in [1.807, 2.05) is 13.8 Å². The van der Waals surface area contributed by atoms with Gasteiger partial charge in [-0.2, -0.15) is 0 Å². The van der Waals surface area contributed by atoms with Crippen LogP contribution in [0, 0.1) is 5.92 Å². The lowest BCUT2D eigenvalue weighted by Gasteiger charge is -2.28. The largest absolute Gasteiger partial charge is 0.508 e. The number of rotatable bonds is 18. The Labute approximate surface area is 290 Å². The first-order valence-electron chi connectivity index (χ1n) is 16.3. The van der Waals surface area contributed by atoms with E-state index in [4.69, 9.17) is 17.2 Å². The molecule has 276 valence electrons. The van der Waals surface area contributed by atoms with Crippen molar-refractivity contribution in [3.8, 4) is 5.75 Å². The van der Waals surface area contributed by atoms with Crippen LogP contribution in [0.1, 0.15) is 58.9 Å². The Morgan fingerprint density at radius 1 is 0.820 bits per heavy atom. The number of nitrogens with two attached hydrogens (primary N) is 3. The fourth-order valence-corrected chi connectivity index (χ4v) is 5.14. The summed E-state index contributed by atoms with van der Waals surface area (Å²) in [6, 6.07) is -0.831. The molecule has 1 aliphatic rings. The zero-order chi connectivity index (χ0) is 37.7. The molecule has 1 aromatic carbocycles. The first-order valence-corrected chi connectivity index (χ1v) is 16.3. The molecule has 0 unspecified atom stereocenters. The second-order valence-electron chi connectivity index (χ2n) is 12.7. The van der Waals surface area contributed by atoms with Crippen LogP contribution in [0.4, 0.5) is 0 Å². The van der Waals surface area contributed by atoms with Crippen LogP contribution < -0.4 is 43.8 Å². The third kappa shape index (κ3) is 13.0. The third-order valence-corrected chi connectivity index (χ3v) is 7.88. The van der Waals surface area contributed by atoms with Gasteiger partial charge in [0.1, 0.15) is 36.0 Å². The number of nitrogens with one attached hydrogen (secondary N) is 5. The number of carbonyl (C=O) groups is 8. The molecule has 0 bridgehead atoms. The van der Waals surface area contributed by atoms with Crippen LogP contribution in [0.5, 0.6) is 5.75 Å². The Morgan fingerprint density at radius 3 is 1.98 bits per heavy atom. The zero-order valence-corrected chi connectivity index (χ0v) is 28.7. The van der Waals surface area contributed by atoms with Gasteiger partial charge < -0.3 is 53.8 Å². The Bertz CT molecular complexity index is 1420. The highest BCUT2D eigenvalue weighted by molar-refractivity contribution is 5.97. The number of hydrogen-bond donors (Lipinski definition) is 9. The highest BCUT2D eigenvalue weighted by atomic mass is 16.3. The van der Waals surface area contributed by atoms with E-state index < -0.39 is 96.5 Å². The topological polar surface area (TPSA) is 298 Å². The van der Waals surface area contributed by atoms with Gasteiger partial charge in [0.15, 0.2) is 0 Å². The van der Waals surface area contributed by atoms with E-state index in [1.165, 1.54) is 43.0 Å². The minimum atomic E-state index is -1.53. The molecule has 0 radical (unpaired) electrons. The lowest BCUT2D eigenvalue weighted by Crippen LogP contribution is -2.58. The van der Waals surface area contributed by atoms with Gasteiger partial charge in [-0.1, -0.05) is 26.0 Å². The number of phenols is 1. The lowest BCUT2D eigenvalue weighted by molar-refractivity contribution is -0.140. The number of carbonyl (C=O) groups excluding carboxylic acids is 8. The smallest absolute Gasteiger partial charge is 0.243 e. The highest BCUT2D eigenvalue weighted by Crippen LogP contribution is 2.18. The van der Waals surface area contributed by atoms with Gasteiger partial charge in [0.2, 0.25) is 47.3 Å². The molecule has 1 saturated heterocycles. The molecular formula is C32H49N9O9. The Morgan fingerprint density at radius 2 is 1.42 bits per heavy atom. The molecule has 18 nitrogen and oxygen atoms in total. The molecule has 0 saturated carbocycles. The van der Waals surface area contributed by atoms with Crippen LogP contribution >= 0.6 is 0 Å². The minimum absolute atomic E-state index is 0.0103. The summed E-state index contributed by atoms with van der Waals surface area (Å²) in [7, 11) is 0. The van der Waals surface area contributed by atoms with Gasteiger partial charge in [-0.05, 0) is 56.7 Å². The predicted molar refractivity (Wildman–Crippen MR) is 179 cm³/mol. The number of nitrogens with zero attached hydrogens (tertiary/aromatic N) is 1. The molecule has 0 aliphatic carbocycles. The van der Waals surface area contributed by atoms with Crippen LogP contribution in [0.3, 0.4) is 0 Å². The van der Waals surface area contributed by atoms with Crippen molar-refractivity contribution in [1.82, 2.24) is 31.5 Å². The van der Waals surface area contributed by atoms with E-state index in [-0.39, 0.29) is 37.5 Å². The standard InChI is InChI=1S/C32H49N9O9/c1-16(2)12-21(30(48)37-18(4)27(35)45)40-32(50)24-6-5-11-41(24)26(44)15-36-29(47)23(14-25(34)43)39-31(49)22(38-28(46)17(3)33)13-19-7-9-20(42)10-8-19/h7-10,16-18,21-24,42H,5-6,11-15,33H2,1-4H3,(H2,34,43)(H2,35,45)(H,36,47)(H,37,48)(H,38,46)(H,39,49)(H,40,50)/t17-,18-,21+,22-,23+,24+/m0/s1. The van der Waals surface area contributed by atoms with E-state index in [1.54, 1.807) is 0 Å². The van der Waals surface area contributed by atoms with Gasteiger partial charge in [-0.15, -0.1) is 0 Å². The van der Waals surface area contributed by atoms with Gasteiger partial charge in [0.25, 0.3) is 0 Å². The van der Waals surface area contributed by atoms with Crippen LogP contribution in [-0.4, -0.2) is 107 Å². The van der Waals surface area contributed by atoms with E-state index >= 15 is 0 Å². The Hall–Kier alpha value is -5.26. The fraction of sp³-hybridized carbons (Fsp3) is 0.562. The predicted octanol–water partition coefficient (Wildman–Crippen LogP) is -3.24. The summed E-state index contributed by atoms with van der Waals surface area (Å²) in [5.74, 6) is -5.98. The normalized spacial score (nSPS) is 17.0. The monoisotopic (exact) mass is 703 g/mol. The number of primary amides is 2. The number of phenolic OH excluding ortho intramolecular Hbond substituents is 1. The van der Waals surface area contributed by atoms with Gasteiger partial charge in [-0.25, -0.2) is 0 Å². The first-order chi connectivity index (χ1) is 23.4. The molecule has 8 amide bonds. The van der Waals surface area contributed by atoms with Crippen LogP contribution in [0.25, 0.3) is 0 Å². The molecule has 12 N–H and O–H groups in total. The van der Waals surface area contributed by atoms with Crippen molar-refractivity contribution in [2.24, 2.45) is 23.1 Å². The van der Waals surface area contributed by atoms with Crippen molar-refractivity contribution < 1.29 is 43.5 Å². The maximum atomic E-state index is 13.3. The van der Waals surface area contributed by atoms with Crippen molar-refractivity contribution in [3.63, 3.8) is 0 Å². The van der Waals surface area contributed by atoms with E-state index in [0.29, 0.717) is 12.0 Å². The maximum absolute atomic E-state index is 13.3. The Kier molecular flexibility index (Phi) is 15.6. The molecule has 18 heteroatoms. The van der Waals surface area contributed by atoms with Gasteiger partial charge >= 0.3 is 0 Å². The summed E-state index contributed by atoms with van der Waals surface area (Å²) in [5, 5.41) is 22.0. The van der Waals surface area contributed by atoms with E-state index in [9.17, 15) is 43.5 Å².